The Kier molecular flexibility index (Phi) is 5.90. The van der Waals surface area contributed by atoms with Gasteiger partial charge in [-0.15, -0.1) is 0 Å². The lowest BCUT2D eigenvalue weighted by atomic mass is 9.84. The molecule has 3 rings (SSSR count). The van der Waals surface area contributed by atoms with Crippen LogP contribution in [0.15, 0.2) is 30.3 Å². The molecule has 2 aliphatic rings. The fraction of sp³-hybridized carbons (Fsp3) is 0.650. The van der Waals surface area contributed by atoms with Gasteiger partial charge < -0.3 is 15.1 Å². The van der Waals surface area contributed by atoms with E-state index in [2.05, 4.69) is 12.1 Å². The lowest BCUT2D eigenvalue weighted by Gasteiger charge is -2.37. The van der Waals surface area contributed by atoms with Crippen molar-refractivity contribution in [2.24, 2.45) is 11.8 Å². The largest absolute Gasteiger partial charge is 0.393 e. The van der Waals surface area contributed by atoms with Gasteiger partial charge >= 0.3 is 0 Å². The highest BCUT2D eigenvalue weighted by Crippen LogP contribution is 2.29. The maximum atomic E-state index is 12.6. The number of rotatable bonds is 4. The van der Waals surface area contributed by atoms with Crippen LogP contribution in [0.2, 0.25) is 0 Å². The topological polar surface area (TPSA) is 60.8 Å². The summed E-state index contributed by atoms with van der Waals surface area (Å²) in [5.41, 5.74) is 1.17. The molecule has 0 radical (unpaired) electrons. The standard InChI is InChI=1S/C20H29NO3/c22-18-8-6-17(7-9-18)20(24)21-12-10-16(11-13-21)19(23)14-15-4-2-1-3-5-15/h1-5,16-19,22-23H,6-14H2/t17?,18?,19-/m0/s1. The van der Waals surface area contributed by atoms with E-state index in [1.807, 2.05) is 23.1 Å². The van der Waals surface area contributed by atoms with Crippen molar-refractivity contribution in [3.8, 4) is 0 Å². The molecule has 1 aromatic carbocycles. The average Bonchev–Trinajstić information content (AvgIpc) is 2.63. The Morgan fingerprint density at radius 2 is 1.67 bits per heavy atom. The van der Waals surface area contributed by atoms with Crippen LogP contribution in [0.1, 0.15) is 44.1 Å². The Morgan fingerprint density at radius 1 is 1.04 bits per heavy atom. The molecule has 1 saturated carbocycles. The van der Waals surface area contributed by atoms with Gasteiger partial charge in [-0.25, -0.2) is 0 Å². The van der Waals surface area contributed by atoms with Crippen LogP contribution in [-0.4, -0.2) is 46.3 Å². The van der Waals surface area contributed by atoms with E-state index >= 15 is 0 Å². The molecule has 4 nitrogen and oxygen atoms in total. The zero-order chi connectivity index (χ0) is 16.9. The van der Waals surface area contributed by atoms with Crippen LogP contribution in [0.4, 0.5) is 0 Å². The highest BCUT2D eigenvalue weighted by Gasteiger charge is 2.32. The van der Waals surface area contributed by atoms with Crippen LogP contribution in [-0.2, 0) is 11.2 Å². The Morgan fingerprint density at radius 3 is 2.29 bits per heavy atom. The molecular weight excluding hydrogens is 302 g/mol. The van der Waals surface area contributed by atoms with Gasteiger partial charge in [0, 0.05) is 19.0 Å². The predicted octanol–water partition coefficient (Wildman–Crippen LogP) is 2.38. The number of likely N-dealkylation sites (tertiary alicyclic amines) is 1. The number of carbonyl (C=O) groups excluding carboxylic acids is 1. The maximum absolute atomic E-state index is 12.6. The van der Waals surface area contributed by atoms with Crippen molar-refractivity contribution in [2.45, 2.75) is 57.2 Å². The Bertz CT molecular complexity index is 517. The molecule has 1 atom stereocenters. The van der Waals surface area contributed by atoms with Gasteiger partial charge in [0.25, 0.3) is 0 Å². The molecule has 2 N–H and O–H groups in total. The molecule has 4 heteroatoms. The van der Waals surface area contributed by atoms with Crippen LogP contribution in [0.5, 0.6) is 0 Å². The number of carbonyl (C=O) groups is 1. The average molecular weight is 331 g/mol. The molecule has 1 aliphatic carbocycles. The SMILES string of the molecule is O=C(C1CCC(O)CC1)N1CCC([C@@H](O)Cc2ccccc2)CC1. The Balaban J connectivity index is 1.46. The Hall–Kier alpha value is -1.39. The predicted molar refractivity (Wildman–Crippen MR) is 93.4 cm³/mol. The highest BCUT2D eigenvalue weighted by molar-refractivity contribution is 5.79. The summed E-state index contributed by atoms with van der Waals surface area (Å²) in [6.45, 7) is 1.52. The van der Waals surface area contributed by atoms with Gasteiger partial charge in [-0.3, -0.25) is 4.79 Å². The number of hydrogen-bond acceptors (Lipinski definition) is 3. The summed E-state index contributed by atoms with van der Waals surface area (Å²) >= 11 is 0. The van der Waals surface area contributed by atoms with Gasteiger partial charge in [0.15, 0.2) is 0 Å². The van der Waals surface area contributed by atoms with E-state index in [-0.39, 0.29) is 30.0 Å². The minimum atomic E-state index is -0.325. The molecule has 1 aliphatic heterocycles. The number of aliphatic hydroxyl groups excluding tert-OH is 2. The molecule has 1 aromatic rings. The van der Waals surface area contributed by atoms with Crippen LogP contribution in [0.25, 0.3) is 0 Å². The van der Waals surface area contributed by atoms with Crippen molar-refractivity contribution >= 4 is 5.91 Å². The maximum Gasteiger partial charge on any atom is 0.225 e. The third-order valence-electron chi connectivity index (χ3n) is 5.73. The summed E-state index contributed by atoms with van der Waals surface area (Å²) in [5, 5.41) is 20.1. The second-order valence-corrected chi connectivity index (χ2v) is 7.43. The minimum absolute atomic E-state index is 0.0965. The van der Waals surface area contributed by atoms with Crippen molar-refractivity contribution in [2.75, 3.05) is 13.1 Å². The van der Waals surface area contributed by atoms with Crippen LogP contribution < -0.4 is 0 Å². The first-order valence-corrected chi connectivity index (χ1v) is 9.32. The van der Waals surface area contributed by atoms with Gasteiger partial charge in [-0.05, 0) is 56.4 Å². The molecule has 1 amide bonds. The second-order valence-electron chi connectivity index (χ2n) is 7.43. The van der Waals surface area contributed by atoms with Gasteiger partial charge in [-0.2, -0.15) is 0 Å². The Labute approximate surface area is 144 Å². The van der Waals surface area contributed by atoms with E-state index < -0.39 is 0 Å². The van der Waals surface area contributed by atoms with Crippen molar-refractivity contribution in [3.63, 3.8) is 0 Å². The fourth-order valence-electron chi connectivity index (χ4n) is 4.11. The van der Waals surface area contributed by atoms with Crippen LogP contribution >= 0.6 is 0 Å². The lowest BCUT2D eigenvalue weighted by Crippen LogP contribution is -2.45. The molecule has 0 unspecified atom stereocenters. The van der Waals surface area contributed by atoms with E-state index in [1.54, 1.807) is 0 Å². The van der Waals surface area contributed by atoms with Crippen LogP contribution in [0, 0.1) is 11.8 Å². The number of amides is 1. The number of benzene rings is 1. The van der Waals surface area contributed by atoms with E-state index in [0.29, 0.717) is 6.42 Å². The van der Waals surface area contributed by atoms with Gasteiger partial charge in [0.05, 0.1) is 12.2 Å². The number of aliphatic hydroxyl groups is 2. The van der Waals surface area contributed by atoms with Gasteiger partial charge in [0.1, 0.15) is 0 Å². The molecule has 0 spiro atoms. The smallest absolute Gasteiger partial charge is 0.225 e. The van der Waals surface area contributed by atoms with Crippen molar-refractivity contribution in [1.29, 1.82) is 0 Å². The first-order valence-electron chi connectivity index (χ1n) is 9.32. The van der Waals surface area contributed by atoms with Crippen molar-refractivity contribution in [3.05, 3.63) is 35.9 Å². The summed E-state index contributed by atoms with van der Waals surface area (Å²) in [4.78, 5) is 14.6. The summed E-state index contributed by atoms with van der Waals surface area (Å²) in [6, 6.07) is 10.1. The van der Waals surface area contributed by atoms with E-state index in [4.69, 9.17) is 0 Å². The normalized spacial score (nSPS) is 27.0. The molecule has 0 aromatic heterocycles. The third kappa shape index (κ3) is 4.37. The first kappa shape index (κ1) is 17.4. The summed E-state index contributed by atoms with van der Waals surface area (Å²) in [6.07, 6.45) is 5.06. The summed E-state index contributed by atoms with van der Waals surface area (Å²) < 4.78 is 0. The van der Waals surface area contributed by atoms with E-state index in [0.717, 1.165) is 51.6 Å². The van der Waals surface area contributed by atoms with Gasteiger partial charge in [0.2, 0.25) is 5.91 Å². The summed E-state index contributed by atoms with van der Waals surface area (Å²) in [5.74, 6) is 0.638. The van der Waals surface area contributed by atoms with Gasteiger partial charge in [-0.1, -0.05) is 30.3 Å². The second kappa shape index (κ2) is 8.13. The fourth-order valence-corrected chi connectivity index (χ4v) is 4.11. The molecule has 0 bridgehead atoms. The number of piperidine rings is 1. The molecule has 132 valence electrons. The third-order valence-corrected chi connectivity index (χ3v) is 5.73. The zero-order valence-corrected chi connectivity index (χ0v) is 14.3. The molecule has 2 fully saturated rings. The highest BCUT2D eigenvalue weighted by atomic mass is 16.3. The quantitative estimate of drug-likeness (QED) is 0.890. The van der Waals surface area contributed by atoms with E-state index in [1.165, 1.54) is 5.56 Å². The van der Waals surface area contributed by atoms with Crippen LogP contribution in [0.3, 0.4) is 0 Å². The number of hydrogen-bond donors (Lipinski definition) is 2. The molecule has 1 heterocycles. The zero-order valence-electron chi connectivity index (χ0n) is 14.3. The lowest BCUT2D eigenvalue weighted by molar-refractivity contribution is -0.139. The van der Waals surface area contributed by atoms with Crippen molar-refractivity contribution < 1.29 is 15.0 Å². The number of nitrogens with zero attached hydrogens (tertiary/aromatic N) is 1. The monoisotopic (exact) mass is 331 g/mol. The molecular formula is C20H29NO3. The minimum Gasteiger partial charge on any atom is -0.393 e. The van der Waals surface area contributed by atoms with Crippen molar-refractivity contribution in [1.82, 2.24) is 4.90 Å². The summed E-state index contributed by atoms with van der Waals surface area (Å²) in [7, 11) is 0. The first-order chi connectivity index (χ1) is 11.6. The molecule has 24 heavy (non-hydrogen) atoms. The van der Waals surface area contributed by atoms with E-state index in [9.17, 15) is 15.0 Å². The molecule has 1 saturated heterocycles.